The van der Waals surface area contributed by atoms with Gasteiger partial charge in [0, 0.05) is 31.2 Å². The molecule has 0 aliphatic carbocycles. The molecule has 0 radical (unpaired) electrons. The third-order valence-electron chi connectivity index (χ3n) is 6.35. The van der Waals surface area contributed by atoms with Gasteiger partial charge in [-0.05, 0) is 78.2 Å². The second kappa shape index (κ2) is 6.53. The molecule has 4 nitrogen and oxygen atoms in total. The normalized spacial score (nSPS) is 37.6. The van der Waals surface area contributed by atoms with Gasteiger partial charge in [-0.25, -0.2) is 0 Å². The average Bonchev–Trinajstić information content (AvgIpc) is 3.09. The summed E-state index contributed by atoms with van der Waals surface area (Å²) in [6, 6.07) is 0.677. The molecule has 3 saturated heterocycles. The minimum absolute atomic E-state index is 0.257. The van der Waals surface area contributed by atoms with Gasteiger partial charge < -0.3 is 15.5 Å². The highest BCUT2D eigenvalue weighted by atomic mass is 15.3. The van der Waals surface area contributed by atoms with Crippen molar-refractivity contribution in [2.45, 2.75) is 50.6 Å². The van der Waals surface area contributed by atoms with Crippen LogP contribution in [0, 0.1) is 5.92 Å². The Morgan fingerprint density at radius 1 is 1.10 bits per heavy atom. The molecule has 0 spiro atoms. The van der Waals surface area contributed by atoms with Gasteiger partial charge >= 0.3 is 0 Å². The molecule has 0 amide bonds. The molecule has 0 aromatic rings. The van der Waals surface area contributed by atoms with E-state index in [4.69, 9.17) is 5.73 Å². The molecule has 4 heteroatoms. The van der Waals surface area contributed by atoms with Gasteiger partial charge in [0.2, 0.25) is 0 Å². The molecule has 2 atom stereocenters. The number of nitrogens with zero attached hydrogens (tertiary/aromatic N) is 3. The van der Waals surface area contributed by atoms with Crippen molar-refractivity contribution >= 4 is 0 Å². The van der Waals surface area contributed by atoms with Crippen LogP contribution in [0.2, 0.25) is 0 Å². The lowest BCUT2D eigenvalue weighted by molar-refractivity contribution is 0.0543. The van der Waals surface area contributed by atoms with E-state index in [-0.39, 0.29) is 5.54 Å². The smallest absolute Gasteiger partial charge is 0.0473 e. The first kappa shape index (κ1) is 15.7. The molecule has 21 heavy (non-hydrogen) atoms. The minimum atomic E-state index is 0.257. The number of rotatable bonds is 4. The van der Waals surface area contributed by atoms with Gasteiger partial charge in [-0.1, -0.05) is 0 Å². The Hall–Kier alpha value is -0.160. The molecule has 3 heterocycles. The Morgan fingerprint density at radius 3 is 2.29 bits per heavy atom. The number of likely N-dealkylation sites (tertiary alicyclic amines) is 3. The fraction of sp³-hybridized carbons (Fsp3) is 1.00. The Kier molecular flexibility index (Phi) is 4.89. The molecule has 2 N–H and O–H groups in total. The van der Waals surface area contributed by atoms with Crippen LogP contribution in [-0.2, 0) is 0 Å². The maximum absolute atomic E-state index is 6.21. The largest absolute Gasteiger partial charge is 0.329 e. The van der Waals surface area contributed by atoms with Crippen molar-refractivity contribution in [2.24, 2.45) is 11.7 Å². The van der Waals surface area contributed by atoms with Gasteiger partial charge in [-0.3, -0.25) is 4.90 Å². The summed E-state index contributed by atoms with van der Waals surface area (Å²) in [5, 5.41) is 0. The van der Waals surface area contributed by atoms with Crippen LogP contribution >= 0.6 is 0 Å². The van der Waals surface area contributed by atoms with E-state index in [0.717, 1.165) is 19.0 Å². The standard InChI is InChI=1S/C17H34N4/c1-15-11-17(13-18,14-19(15)2)21-9-5-16(6-10-21)12-20-7-3-4-8-20/h15-16H,3-14,18H2,1-2H3. The van der Waals surface area contributed by atoms with E-state index < -0.39 is 0 Å². The van der Waals surface area contributed by atoms with Gasteiger partial charge in [0.1, 0.15) is 0 Å². The maximum Gasteiger partial charge on any atom is 0.0473 e. The van der Waals surface area contributed by atoms with Crippen LogP contribution in [0.25, 0.3) is 0 Å². The summed E-state index contributed by atoms with van der Waals surface area (Å²) in [5.41, 5.74) is 6.47. The molecule has 0 saturated carbocycles. The van der Waals surface area contributed by atoms with Crippen LogP contribution in [0.15, 0.2) is 0 Å². The summed E-state index contributed by atoms with van der Waals surface area (Å²) in [5.74, 6) is 0.922. The Morgan fingerprint density at radius 2 is 1.76 bits per heavy atom. The Bertz CT molecular complexity index is 322. The fourth-order valence-electron chi connectivity index (χ4n) is 4.82. The van der Waals surface area contributed by atoms with Crippen LogP contribution in [0.5, 0.6) is 0 Å². The van der Waals surface area contributed by atoms with Crippen molar-refractivity contribution in [1.29, 1.82) is 0 Å². The zero-order valence-corrected chi connectivity index (χ0v) is 14.1. The van der Waals surface area contributed by atoms with E-state index in [0.29, 0.717) is 6.04 Å². The van der Waals surface area contributed by atoms with E-state index >= 15 is 0 Å². The molecule has 0 bridgehead atoms. The summed E-state index contributed by atoms with van der Waals surface area (Å²) in [4.78, 5) is 7.90. The van der Waals surface area contributed by atoms with Gasteiger partial charge in [0.15, 0.2) is 0 Å². The lowest BCUT2D eigenvalue weighted by Crippen LogP contribution is -2.58. The van der Waals surface area contributed by atoms with Gasteiger partial charge in [-0.15, -0.1) is 0 Å². The average molecular weight is 294 g/mol. The summed E-state index contributed by atoms with van der Waals surface area (Å²) >= 11 is 0. The van der Waals surface area contributed by atoms with Gasteiger partial charge in [0.05, 0.1) is 0 Å². The highest BCUT2D eigenvalue weighted by Gasteiger charge is 2.44. The van der Waals surface area contributed by atoms with Crippen LogP contribution in [0.4, 0.5) is 0 Å². The SMILES string of the molecule is CC1CC(CN)(N2CCC(CN3CCCC3)CC2)CN1C. The van der Waals surface area contributed by atoms with E-state index in [1.165, 1.54) is 64.8 Å². The zero-order valence-electron chi connectivity index (χ0n) is 14.1. The van der Waals surface area contributed by atoms with E-state index in [1.807, 2.05) is 0 Å². The number of hydrogen-bond donors (Lipinski definition) is 1. The molecule has 122 valence electrons. The second-order valence-corrected chi connectivity index (χ2v) is 7.83. The predicted octanol–water partition coefficient (Wildman–Crippen LogP) is 1.22. The molecular weight excluding hydrogens is 260 g/mol. The van der Waals surface area contributed by atoms with Crippen LogP contribution in [0.1, 0.15) is 39.0 Å². The Labute approximate surface area is 130 Å². The monoisotopic (exact) mass is 294 g/mol. The Balaban J connectivity index is 1.52. The number of nitrogens with two attached hydrogens (primary N) is 1. The summed E-state index contributed by atoms with van der Waals surface area (Å²) in [6.07, 6.45) is 6.82. The molecule has 2 unspecified atom stereocenters. The predicted molar refractivity (Wildman–Crippen MR) is 88.5 cm³/mol. The van der Waals surface area contributed by atoms with Crippen LogP contribution in [0.3, 0.4) is 0 Å². The van der Waals surface area contributed by atoms with Crippen molar-refractivity contribution < 1.29 is 0 Å². The minimum Gasteiger partial charge on any atom is -0.329 e. The third kappa shape index (κ3) is 3.29. The topological polar surface area (TPSA) is 35.7 Å². The third-order valence-corrected chi connectivity index (χ3v) is 6.35. The maximum atomic E-state index is 6.21. The first-order valence-electron chi connectivity index (χ1n) is 9.01. The highest BCUT2D eigenvalue weighted by Crippen LogP contribution is 2.34. The second-order valence-electron chi connectivity index (χ2n) is 7.83. The van der Waals surface area contributed by atoms with Gasteiger partial charge in [-0.2, -0.15) is 0 Å². The fourth-order valence-corrected chi connectivity index (χ4v) is 4.82. The van der Waals surface area contributed by atoms with E-state index in [9.17, 15) is 0 Å². The van der Waals surface area contributed by atoms with Crippen molar-refractivity contribution in [3.63, 3.8) is 0 Å². The summed E-state index contributed by atoms with van der Waals surface area (Å²) in [7, 11) is 2.25. The highest BCUT2D eigenvalue weighted by molar-refractivity contribution is 5.03. The lowest BCUT2D eigenvalue weighted by atomic mass is 9.88. The quantitative estimate of drug-likeness (QED) is 0.845. The first-order valence-corrected chi connectivity index (χ1v) is 9.01. The summed E-state index contributed by atoms with van der Waals surface area (Å²) < 4.78 is 0. The molecule has 3 aliphatic rings. The summed E-state index contributed by atoms with van der Waals surface area (Å²) in [6.45, 7) is 10.9. The van der Waals surface area contributed by atoms with Crippen molar-refractivity contribution in [1.82, 2.24) is 14.7 Å². The number of hydrogen-bond acceptors (Lipinski definition) is 4. The van der Waals surface area contributed by atoms with Gasteiger partial charge in [0.25, 0.3) is 0 Å². The number of likely N-dealkylation sites (N-methyl/N-ethyl adjacent to an activating group) is 1. The van der Waals surface area contributed by atoms with Crippen molar-refractivity contribution in [3.05, 3.63) is 0 Å². The lowest BCUT2D eigenvalue weighted by Gasteiger charge is -2.45. The molecule has 0 aromatic carbocycles. The van der Waals surface area contributed by atoms with E-state index in [2.05, 4.69) is 28.7 Å². The molecule has 3 fully saturated rings. The first-order chi connectivity index (χ1) is 10.1. The van der Waals surface area contributed by atoms with Crippen LogP contribution in [-0.4, -0.2) is 79.1 Å². The zero-order chi connectivity index (χ0) is 14.9. The molecule has 3 rings (SSSR count). The van der Waals surface area contributed by atoms with Crippen molar-refractivity contribution in [3.8, 4) is 0 Å². The number of piperidine rings is 1. The molecule has 3 aliphatic heterocycles. The van der Waals surface area contributed by atoms with E-state index in [1.54, 1.807) is 0 Å². The van der Waals surface area contributed by atoms with Crippen molar-refractivity contribution in [2.75, 3.05) is 52.9 Å². The molecule has 0 aromatic heterocycles. The van der Waals surface area contributed by atoms with Crippen LogP contribution < -0.4 is 5.73 Å². The molecular formula is C17H34N4.